The van der Waals surface area contributed by atoms with E-state index in [1.807, 2.05) is 44.2 Å². The first kappa shape index (κ1) is 15.4. The van der Waals surface area contributed by atoms with Crippen LogP contribution < -0.4 is 0 Å². The van der Waals surface area contributed by atoms with Gasteiger partial charge in [0.05, 0.1) is 16.0 Å². The highest BCUT2D eigenvalue weighted by Crippen LogP contribution is 2.20. The first-order valence-corrected chi connectivity index (χ1v) is 7.99. The molecule has 0 atom stereocenters. The lowest BCUT2D eigenvalue weighted by atomic mass is 10.1. The average molecular weight is 325 g/mol. The molecule has 0 amide bonds. The molecular weight excluding hydrogens is 310 g/mol. The largest absolute Gasteiger partial charge is 0.454 e. The molecule has 4 nitrogen and oxygen atoms in total. The molecule has 2 heterocycles. The summed E-state index contributed by atoms with van der Waals surface area (Å²) in [5.41, 5.74) is 1.90. The van der Waals surface area contributed by atoms with Gasteiger partial charge in [-0.3, -0.25) is 9.78 Å². The highest BCUT2D eigenvalue weighted by atomic mass is 32.1. The second-order valence-corrected chi connectivity index (χ2v) is 6.53. The molecule has 2 aromatic heterocycles. The zero-order valence-corrected chi connectivity index (χ0v) is 13.6. The normalized spacial score (nSPS) is 10.7. The smallest absolute Gasteiger partial charge is 0.339 e. The molecule has 23 heavy (non-hydrogen) atoms. The quantitative estimate of drug-likeness (QED) is 0.538. The number of hydrogen-bond donors (Lipinski definition) is 0. The SMILES string of the molecule is Cc1cc(C(=O)OCC(=O)c2ccc(C)s2)c2ccccc2n1. The molecule has 0 aliphatic rings. The van der Waals surface area contributed by atoms with Gasteiger partial charge in [0.25, 0.3) is 0 Å². The zero-order valence-electron chi connectivity index (χ0n) is 12.8. The second-order valence-electron chi connectivity index (χ2n) is 5.24. The minimum absolute atomic E-state index is 0.188. The van der Waals surface area contributed by atoms with Crippen LogP contribution in [0, 0.1) is 13.8 Å². The van der Waals surface area contributed by atoms with Gasteiger partial charge in [-0.15, -0.1) is 11.3 Å². The fourth-order valence-electron chi connectivity index (χ4n) is 2.34. The average Bonchev–Trinajstić information content (AvgIpc) is 2.98. The monoisotopic (exact) mass is 325 g/mol. The third-order valence-corrected chi connectivity index (χ3v) is 4.46. The van der Waals surface area contributed by atoms with E-state index in [0.717, 1.165) is 21.5 Å². The molecule has 0 N–H and O–H groups in total. The highest BCUT2D eigenvalue weighted by Gasteiger charge is 2.16. The van der Waals surface area contributed by atoms with Gasteiger partial charge in [-0.25, -0.2) is 4.79 Å². The summed E-state index contributed by atoms with van der Waals surface area (Å²) in [6.07, 6.45) is 0. The lowest BCUT2D eigenvalue weighted by molar-refractivity contribution is 0.0477. The molecule has 0 radical (unpaired) electrons. The number of nitrogens with zero attached hydrogens (tertiary/aromatic N) is 1. The zero-order chi connectivity index (χ0) is 16.4. The number of carbonyl (C=O) groups is 2. The van der Waals surface area contributed by atoms with E-state index in [9.17, 15) is 9.59 Å². The number of para-hydroxylation sites is 1. The maximum absolute atomic E-state index is 12.4. The van der Waals surface area contributed by atoms with Crippen LogP contribution in [0.15, 0.2) is 42.5 Å². The van der Waals surface area contributed by atoms with Gasteiger partial charge in [-0.05, 0) is 38.1 Å². The van der Waals surface area contributed by atoms with Crippen molar-refractivity contribution in [3.8, 4) is 0 Å². The number of pyridine rings is 1. The molecule has 3 aromatic rings. The van der Waals surface area contributed by atoms with E-state index in [1.165, 1.54) is 11.3 Å². The van der Waals surface area contributed by atoms with Crippen LogP contribution in [-0.2, 0) is 4.74 Å². The van der Waals surface area contributed by atoms with E-state index >= 15 is 0 Å². The molecule has 5 heteroatoms. The standard InChI is InChI=1S/C18H15NO3S/c1-11-9-14(13-5-3-4-6-15(13)19-11)18(21)22-10-16(20)17-8-7-12(2)23-17/h3-9H,10H2,1-2H3. The van der Waals surface area contributed by atoms with Gasteiger partial charge >= 0.3 is 5.97 Å². The highest BCUT2D eigenvalue weighted by molar-refractivity contribution is 7.14. The van der Waals surface area contributed by atoms with Crippen LogP contribution in [0.5, 0.6) is 0 Å². The van der Waals surface area contributed by atoms with E-state index in [-0.39, 0.29) is 12.4 Å². The number of benzene rings is 1. The molecule has 0 saturated carbocycles. The van der Waals surface area contributed by atoms with Crippen molar-refractivity contribution in [1.29, 1.82) is 0 Å². The predicted octanol–water partition coefficient (Wildman–Crippen LogP) is 3.95. The molecule has 0 aliphatic carbocycles. The van der Waals surface area contributed by atoms with E-state index in [2.05, 4.69) is 4.98 Å². The fourth-order valence-corrected chi connectivity index (χ4v) is 3.13. The van der Waals surface area contributed by atoms with Crippen LogP contribution in [-0.4, -0.2) is 23.3 Å². The molecular formula is C18H15NO3S. The Morgan fingerprint density at radius 1 is 1.13 bits per heavy atom. The Kier molecular flexibility index (Phi) is 4.21. The Morgan fingerprint density at radius 2 is 1.91 bits per heavy atom. The molecule has 3 rings (SSSR count). The number of Topliss-reactive ketones (excluding diaryl/α,β-unsaturated/α-hetero) is 1. The topological polar surface area (TPSA) is 56.3 Å². The number of carbonyl (C=O) groups excluding carboxylic acids is 2. The fraction of sp³-hybridized carbons (Fsp3) is 0.167. The van der Waals surface area contributed by atoms with Gasteiger partial charge in [-0.2, -0.15) is 0 Å². The molecule has 0 spiro atoms. The number of aryl methyl sites for hydroxylation is 2. The summed E-state index contributed by atoms with van der Waals surface area (Å²) >= 11 is 1.40. The van der Waals surface area contributed by atoms with Crippen molar-refractivity contribution in [1.82, 2.24) is 4.98 Å². The van der Waals surface area contributed by atoms with Crippen molar-refractivity contribution in [3.63, 3.8) is 0 Å². The number of rotatable bonds is 4. The van der Waals surface area contributed by atoms with Crippen molar-refractivity contribution in [2.75, 3.05) is 6.61 Å². The Morgan fingerprint density at radius 3 is 2.65 bits per heavy atom. The van der Waals surface area contributed by atoms with Crippen LogP contribution in [0.3, 0.4) is 0 Å². The van der Waals surface area contributed by atoms with Gasteiger partial charge in [0.2, 0.25) is 5.78 Å². The van der Waals surface area contributed by atoms with Gasteiger partial charge in [0.15, 0.2) is 6.61 Å². The van der Waals surface area contributed by atoms with Gasteiger partial charge in [-0.1, -0.05) is 18.2 Å². The Bertz CT molecular complexity index is 898. The first-order chi connectivity index (χ1) is 11.0. The van der Waals surface area contributed by atoms with Crippen molar-refractivity contribution >= 4 is 34.0 Å². The van der Waals surface area contributed by atoms with Gasteiger partial charge in [0, 0.05) is 16.0 Å². The third kappa shape index (κ3) is 3.29. The van der Waals surface area contributed by atoms with E-state index in [1.54, 1.807) is 12.1 Å². The maximum atomic E-state index is 12.4. The number of fused-ring (bicyclic) bond motifs is 1. The minimum atomic E-state index is -0.506. The summed E-state index contributed by atoms with van der Waals surface area (Å²) in [7, 11) is 0. The Balaban J connectivity index is 1.80. The third-order valence-electron chi connectivity index (χ3n) is 3.41. The summed E-state index contributed by atoms with van der Waals surface area (Å²) in [5.74, 6) is -0.695. The van der Waals surface area contributed by atoms with Crippen molar-refractivity contribution < 1.29 is 14.3 Å². The van der Waals surface area contributed by atoms with Crippen LogP contribution in [0.2, 0.25) is 0 Å². The number of ether oxygens (including phenoxy) is 1. The van der Waals surface area contributed by atoms with Crippen molar-refractivity contribution in [3.05, 3.63) is 63.5 Å². The number of esters is 1. The molecule has 0 bridgehead atoms. The molecule has 0 unspecified atom stereocenters. The van der Waals surface area contributed by atoms with E-state index < -0.39 is 5.97 Å². The Labute approximate surface area is 137 Å². The molecule has 0 saturated heterocycles. The molecule has 116 valence electrons. The lowest BCUT2D eigenvalue weighted by Crippen LogP contribution is -2.14. The second kappa shape index (κ2) is 6.30. The lowest BCUT2D eigenvalue weighted by Gasteiger charge is -2.07. The van der Waals surface area contributed by atoms with Gasteiger partial charge in [0.1, 0.15) is 0 Å². The molecule has 0 aliphatic heterocycles. The van der Waals surface area contributed by atoms with Crippen LogP contribution >= 0.6 is 11.3 Å². The van der Waals surface area contributed by atoms with Crippen molar-refractivity contribution in [2.45, 2.75) is 13.8 Å². The predicted molar refractivity (Wildman–Crippen MR) is 90.1 cm³/mol. The van der Waals surface area contributed by atoms with Crippen molar-refractivity contribution in [2.24, 2.45) is 0 Å². The maximum Gasteiger partial charge on any atom is 0.339 e. The van der Waals surface area contributed by atoms with Crippen LogP contribution in [0.1, 0.15) is 30.6 Å². The van der Waals surface area contributed by atoms with Gasteiger partial charge < -0.3 is 4.74 Å². The summed E-state index contributed by atoms with van der Waals surface area (Å²) in [6, 6.07) is 12.7. The number of thiophene rings is 1. The van der Waals surface area contributed by atoms with Crippen LogP contribution in [0.4, 0.5) is 0 Å². The Hall–Kier alpha value is -2.53. The summed E-state index contributed by atoms with van der Waals surface area (Å²) in [5, 5.41) is 0.725. The number of ketones is 1. The van der Waals surface area contributed by atoms with E-state index in [0.29, 0.717) is 10.4 Å². The first-order valence-electron chi connectivity index (χ1n) is 7.18. The molecule has 0 fully saturated rings. The number of aromatic nitrogens is 1. The summed E-state index contributed by atoms with van der Waals surface area (Å²) < 4.78 is 5.21. The minimum Gasteiger partial charge on any atom is -0.454 e. The molecule has 1 aromatic carbocycles. The number of hydrogen-bond acceptors (Lipinski definition) is 5. The summed E-state index contributed by atoms with van der Waals surface area (Å²) in [4.78, 5) is 30.4. The van der Waals surface area contributed by atoms with E-state index in [4.69, 9.17) is 4.74 Å². The summed E-state index contributed by atoms with van der Waals surface area (Å²) in [6.45, 7) is 3.50. The van der Waals surface area contributed by atoms with Crippen LogP contribution in [0.25, 0.3) is 10.9 Å².